The molecule has 8 heavy (non-hydrogen) atoms. The van der Waals surface area contributed by atoms with E-state index in [9.17, 15) is 0 Å². The average molecular weight is 105 g/mol. The molecule has 41 valence electrons. The van der Waals surface area contributed by atoms with Gasteiger partial charge in [-0.3, -0.25) is 0 Å². The molecule has 1 aliphatic rings. The van der Waals surface area contributed by atoms with Crippen molar-refractivity contribution in [3.05, 3.63) is 43.4 Å². The van der Waals surface area contributed by atoms with Crippen LogP contribution in [0.5, 0.6) is 0 Å². The molecule has 0 spiro atoms. The summed E-state index contributed by atoms with van der Waals surface area (Å²) in [6, 6.07) is 0. The lowest BCUT2D eigenvalue weighted by molar-refractivity contribution is 1.05. The summed E-state index contributed by atoms with van der Waals surface area (Å²) in [5.41, 5.74) is 1.06. The SMILES string of the molecule is [CH2]C1C=CC(=C)C=C1. The predicted octanol–water partition coefficient (Wildman–Crippen LogP) is 2.12. The molecule has 0 unspecified atom stereocenters. The minimum Gasteiger partial charge on any atom is -0.0918 e. The van der Waals surface area contributed by atoms with Gasteiger partial charge < -0.3 is 0 Å². The lowest BCUT2D eigenvalue weighted by Crippen LogP contribution is -1.87. The summed E-state index contributed by atoms with van der Waals surface area (Å²) in [5.74, 6) is 0.348. The average Bonchev–Trinajstić information content (AvgIpc) is 1.77. The van der Waals surface area contributed by atoms with Crippen LogP contribution in [0.1, 0.15) is 0 Å². The number of allylic oxidation sites excluding steroid dienone is 5. The first-order valence-corrected chi connectivity index (χ1v) is 2.67. The van der Waals surface area contributed by atoms with Crippen LogP contribution in [0.25, 0.3) is 0 Å². The fourth-order valence-corrected chi connectivity index (χ4v) is 0.614. The molecule has 0 nitrogen and oxygen atoms in total. The molecule has 0 heteroatoms. The van der Waals surface area contributed by atoms with Crippen molar-refractivity contribution in [3.63, 3.8) is 0 Å². The van der Waals surface area contributed by atoms with Crippen LogP contribution < -0.4 is 0 Å². The Morgan fingerprint density at radius 2 is 1.75 bits per heavy atom. The van der Waals surface area contributed by atoms with Crippen LogP contribution >= 0.6 is 0 Å². The second-order valence-electron chi connectivity index (χ2n) is 1.96. The largest absolute Gasteiger partial charge is 0.0918 e. The monoisotopic (exact) mass is 105 g/mol. The molecule has 0 atom stereocenters. The summed E-state index contributed by atoms with van der Waals surface area (Å²) in [4.78, 5) is 0. The highest BCUT2D eigenvalue weighted by molar-refractivity contribution is 5.33. The van der Waals surface area contributed by atoms with E-state index < -0.39 is 0 Å². The van der Waals surface area contributed by atoms with Gasteiger partial charge in [0.2, 0.25) is 0 Å². The maximum atomic E-state index is 3.82. The molecule has 0 aromatic rings. The topological polar surface area (TPSA) is 0 Å². The lowest BCUT2D eigenvalue weighted by Gasteiger charge is -2.02. The molecule has 0 bridgehead atoms. The maximum Gasteiger partial charge on any atom is -0.00465 e. The molecule has 0 saturated carbocycles. The van der Waals surface area contributed by atoms with Gasteiger partial charge in [0, 0.05) is 0 Å². The van der Waals surface area contributed by atoms with Gasteiger partial charge in [-0.05, 0) is 18.4 Å². The van der Waals surface area contributed by atoms with E-state index in [1.807, 2.05) is 24.3 Å². The molecular formula is C8H9. The molecule has 1 aliphatic carbocycles. The van der Waals surface area contributed by atoms with E-state index in [-0.39, 0.29) is 0 Å². The van der Waals surface area contributed by atoms with Gasteiger partial charge in [0.25, 0.3) is 0 Å². The first kappa shape index (κ1) is 5.36. The van der Waals surface area contributed by atoms with Crippen molar-refractivity contribution in [1.29, 1.82) is 0 Å². The van der Waals surface area contributed by atoms with E-state index in [0.29, 0.717) is 5.92 Å². The highest BCUT2D eigenvalue weighted by atomic mass is 14.0. The zero-order chi connectivity index (χ0) is 5.98. The Morgan fingerprint density at radius 1 is 1.25 bits per heavy atom. The summed E-state index contributed by atoms with van der Waals surface area (Å²) in [6.45, 7) is 7.56. The molecule has 0 N–H and O–H groups in total. The fourth-order valence-electron chi connectivity index (χ4n) is 0.614. The maximum absolute atomic E-state index is 3.82. The first-order valence-electron chi connectivity index (χ1n) is 2.67. The van der Waals surface area contributed by atoms with Crippen molar-refractivity contribution < 1.29 is 0 Å². The first-order chi connectivity index (χ1) is 3.79. The molecular weight excluding hydrogens is 96.1 g/mol. The van der Waals surface area contributed by atoms with Gasteiger partial charge in [0.05, 0.1) is 0 Å². The zero-order valence-corrected chi connectivity index (χ0v) is 4.80. The summed E-state index contributed by atoms with van der Waals surface area (Å²) in [6.07, 6.45) is 8.03. The third kappa shape index (κ3) is 1.09. The van der Waals surface area contributed by atoms with Crippen molar-refractivity contribution in [1.82, 2.24) is 0 Å². The number of rotatable bonds is 0. The van der Waals surface area contributed by atoms with Crippen LogP contribution in [0, 0.1) is 12.8 Å². The molecule has 0 aliphatic heterocycles. The second-order valence-corrected chi connectivity index (χ2v) is 1.96. The normalized spacial score (nSPS) is 19.9. The van der Waals surface area contributed by atoms with Crippen molar-refractivity contribution >= 4 is 0 Å². The lowest BCUT2D eigenvalue weighted by atomic mass is 10.0. The third-order valence-electron chi connectivity index (χ3n) is 1.11. The van der Waals surface area contributed by atoms with Crippen LogP contribution in [0.15, 0.2) is 36.5 Å². The Kier molecular flexibility index (Phi) is 1.34. The van der Waals surface area contributed by atoms with E-state index in [1.165, 1.54) is 0 Å². The van der Waals surface area contributed by atoms with Crippen LogP contribution in [-0.4, -0.2) is 0 Å². The minimum atomic E-state index is 0.348. The van der Waals surface area contributed by atoms with Gasteiger partial charge in [-0.15, -0.1) is 0 Å². The Morgan fingerprint density at radius 3 is 2.12 bits per heavy atom. The van der Waals surface area contributed by atoms with Crippen LogP contribution in [0.2, 0.25) is 0 Å². The Labute approximate surface area is 50.2 Å². The molecule has 0 aromatic carbocycles. The summed E-state index contributed by atoms with van der Waals surface area (Å²) < 4.78 is 0. The molecule has 1 radical (unpaired) electrons. The van der Waals surface area contributed by atoms with E-state index >= 15 is 0 Å². The third-order valence-corrected chi connectivity index (χ3v) is 1.11. The Bertz CT molecular complexity index is 133. The Hall–Kier alpha value is -0.780. The van der Waals surface area contributed by atoms with Gasteiger partial charge in [0.1, 0.15) is 0 Å². The predicted molar refractivity (Wildman–Crippen MR) is 36.3 cm³/mol. The standard InChI is InChI=1S/C8H9/c1-7-3-5-8(2)6-4-7/h3-7H,1-2H2. The van der Waals surface area contributed by atoms with Gasteiger partial charge >= 0.3 is 0 Å². The fraction of sp³-hybridized carbons (Fsp3) is 0.125. The van der Waals surface area contributed by atoms with Crippen molar-refractivity contribution in [2.75, 3.05) is 0 Å². The van der Waals surface area contributed by atoms with Crippen molar-refractivity contribution in [2.45, 2.75) is 0 Å². The minimum absolute atomic E-state index is 0.348. The molecule has 0 heterocycles. The second kappa shape index (κ2) is 1.99. The molecule has 0 aromatic heterocycles. The Balaban J connectivity index is 2.68. The highest BCUT2D eigenvalue weighted by Gasteiger charge is 1.93. The molecule has 0 amide bonds. The van der Waals surface area contributed by atoms with Crippen LogP contribution in [-0.2, 0) is 0 Å². The summed E-state index contributed by atoms with van der Waals surface area (Å²) >= 11 is 0. The molecule has 1 rings (SSSR count). The van der Waals surface area contributed by atoms with E-state index in [1.54, 1.807) is 0 Å². The van der Waals surface area contributed by atoms with Gasteiger partial charge in [0.15, 0.2) is 0 Å². The molecule has 0 saturated heterocycles. The van der Waals surface area contributed by atoms with E-state index in [0.717, 1.165) is 5.57 Å². The smallest absolute Gasteiger partial charge is 0.00465 e. The van der Waals surface area contributed by atoms with Crippen molar-refractivity contribution in [3.8, 4) is 0 Å². The van der Waals surface area contributed by atoms with E-state index in [4.69, 9.17) is 0 Å². The number of hydrogen-bond donors (Lipinski definition) is 0. The van der Waals surface area contributed by atoms with Gasteiger partial charge in [-0.25, -0.2) is 0 Å². The van der Waals surface area contributed by atoms with Crippen LogP contribution in [0.4, 0.5) is 0 Å². The van der Waals surface area contributed by atoms with E-state index in [2.05, 4.69) is 13.5 Å². The molecule has 0 fully saturated rings. The van der Waals surface area contributed by atoms with Crippen LogP contribution in [0.3, 0.4) is 0 Å². The van der Waals surface area contributed by atoms with Gasteiger partial charge in [-0.1, -0.05) is 30.9 Å². The zero-order valence-electron chi connectivity index (χ0n) is 4.80. The number of hydrogen-bond acceptors (Lipinski definition) is 0. The highest BCUT2D eigenvalue weighted by Crippen LogP contribution is 2.09. The quantitative estimate of drug-likeness (QED) is 0.442. The van der Waals surface area contributed by atoms with Gasteiger partial charge in [-0.2, -0.15) is 0 Å². The summed E-state index contributed by atoms with van der Waals surface area (Å²) in [5, 5.41) is 0. The van der Waals surface area contributed by atoms with Crippen molar-refractivity contribution in [2.24, 2.45) is 5.92 Å². The summed E-state index contributed by atoms with van der Waals surface area (Å²) in [7, 11) is 0.